The van der Waals surface area contributed by atoms with Crippen LogP contribution in [-0.4, -0.2) is 11.9 Å². The quantitative estimate of drug-likeness (QED) is 0.568. The number of carbonyl (C=O) groups is 1. The SMILES string of the molecule is CC1=CCC(=O)N[C@H]1C(C)C. The molecule has 1 aliphatic rings. The molecule has 0 aromatic heterocycles. The van der Waals surface area contributed by atoms with Gasteiger partial charge in [0.15, 0.2) is 0 Å². The molecule has 0 aromatic rings. The summed E-state index contributed by atoms with van der Waals surface area (Å²) < 4.78 is 0. The lowest BCUT2D eigenvalue weighted by atomic mass is 9.93. The molecule has 0 aromatic carbocycles. The topological polar surface area (TPSA) is 29.1 Å². The van der Waals surface area contributed by atoms with Crippen molar-refractivity contribution in [3.05, 3.63) is 11.6 Å². The number of amides is 1. The van der Waals surface area contributed by atoms with E-state index in [4.69, 9.17) is 0 Å². The number of nitrogens with one attached hydrogen (secondary N) is 1. The Morgan fingerprint density at radius 1 is 1.64 bits per heavy atom. The molecule has 0 fully saturated rings. The van der Waals surface area contributed by atoms with Crippen molar-refractivity contribution < 1.29 is 4.79 Å². The van der Waals surface area contributed by atoms with Crippen LogP contribution in [0, 0.1) is 5.92 Å². The van der Waals surface area contributed by atoms with Crippen LogP contribution >= 0.6 is 0 Å². The predicted molar refractivity (Wildman–Crippen MR) is 45.1 cm³/mol. The van der Waals surface area contributed by atoms with Gasteiger partial charge in [0, 0.05) is 6.42 Å². The lowest BCUT2D eigenvalue weighted by Gasteiger charge is -2.26. The highest BCUT2D eigenvalue weighted by Gasteiger charge is 2.20. The normalized spacial score (nSPS) is 24.9. The van der Waals surface area contributed by atoms with Gasteiger partial charge in [-0.05, 0) is 12.8 Å². The highest BCUT2D eigenvalue weighted by molar-refractivity contribution is 5.79. The minimum Gasteiger partial charge on any atom is -0.349 e. The van der Waals surface area contributed by atoms with Crippen molar-refractivity contribution in [3.63, 3.8) is 0 Å². The van der Waals surface area contributed by atoms with E-state index < -0.39 is 0 Å². The Morgan fingerprint density at radius 2 is 2.27 bits per heavy atom. The van der Waals surface area contributed by atoms with E-state index in [9.17, 15) is 4.79 Å². The van der Waals surface area contributed by atoms with E-state index in [-0.39, 0.29) is 11.9 Å². The van der Waals surface area contributed by atoms with E-state index in [2.05, 4.69) is 26.1 Å². The summed E-state index contributed by atoms with van der Waals surface area (Å²) in [5, 5.41) is 2.96. The molecule has 11 heavy (non-hydrogen) atoms. The van der Waals surface area contributed by atoms with Crippen LogP contribution in [0.15, 0.2) is 11.6 Å². The summed E-state index contributed by atoms with van der Waals surface area (Å²) in [5.74, 6) is 0.643. The van der Waals surface area contributed by atoms with Crippen molar-refractivity contribution in [3.8, 4) is 0 Å². The van der Waals surface area contributed by atoms with Crippen LogP contribution in [0.25, 0.3) is 0 Å². The van der Waals surface area contributed by atoms with Crippen LogP contribution in [0.1, 0.15) is 27.2 Å². The molecule has 1 amide bonds. The molecule has 0 bridgehead atoms. The number of hydrogen-bond donors (Lipinski definition) is 1. The van der Waals surface area contributed by atoms with E-state index >= 15 is 0 Å². The second-order valence-electron chi connectivity index (χ2n) is 3.44. The zero-order valence-corrected chi connectivity index (χ0v) is 7.35. The summed E-state index contributed by atoms with van der Waals surface area (Å²) in [6.07, 6.45) is 2.57. The van der Waals surface area contributed by atoms with E-state index in [1.807, 2.05) is 6.08 Å². The van der Waals surface area contributed by atoms with E-state index in [0.29, 0.717) is 12.3 Å². The summed E-state index contributed by atoms with van der Waals surface area (Å²) in [6, 6.07) is 0.260. The number of hydrogen-bond acceptors (Lipinski definition) is 1. The second kappa shape index (κ2) is 3.07. The van der Waals surface area contributed by atoms with Gasteiger partial charge in [0.1, 0.15) is 0 Å². The molecule has 1 aliphatic heterocycles. The van der Waals surface area contributed by atoms with Gasteiger partial charge in [-0.2, -0.15) is 0 Å². The zero-order chi connectivity index (χ0) is 8.43. The molecular formula is C9H15NO. The summed E-state index contributed by atoms with van der Waals surface area (Å²) in [4.78, 5) is 11.0. The summed E-state index contributed by atoms with van der Waals surface area (Å²) in [6.45, 7) is 6.31. The van der Waals surface area contributed by atoms with Gasteiger partial charge in [-0.1, -0.05) is 25.5 Å². The molecule has 1 heterocycles. The molecular weight excluding hydrogens is 138 g/mol. The van der Waals surface area contributed by atoms with Crippen LogP contribution in [0.4, 0.5) is 0 Å². The molecule has 2 nitrogen and oxygen atoms in total. The third-order valence-corrected chi connectivity index (χ3v) is 2.08. The number of carbonyl (C=O) groups excluding carboxylic acids is 1. The van der Waals surface area contributed by atoms with Crippen molar-refractivity contribution in [1.82, 2.24) is 5.32 Å². The number of rotatable bonds is 1. The van der Waals surface area contributed by atoms with Gasteiger partial charge in [-0.25, -0.2) is 0 Å². The van der Waals surface area contributed by atoms with E-state index in [0.717, 1.165) is 0 Å². The molecule has 0 saturated carbocycles. The predicted octanol–water partition coefficient (Wildman–Crippen LogP) is 1.48. The van der Waals surface area contributed by atoms with Gasteiger partial charge < -0.3 is 5.32 Å². The first-order valence-corrected chi connectivity index (χ1v) is 4.07. The Balaban J connectivity index is 2.71. The smallest absolute Gasteiger partial charge is 0.224 e. The zero-order valence-electron chi connectivity index (χ0n) is 7.35. The van der Waals surface area contributed by atoms with Crippen LogP contribution < -0.4 is 5.32 Å². The van der Waals surface area contributed by atoms with Crippen molar-refractivity contribution in [2.75, 3.05) is 0 Å². The van der Waals surface area contributed by atoms with Gasteiger partial charge in [0.2, 0.25) is 5.91 Å². The van der Waals surface area contributed by atoms with Gasteiger partial charge in [0.25, 0.3) is 0 Å². The highest BCUT2D eigenvalue weighted by atomic mass is 16.1. The average Bonchev–Trinajstić information content (AvgIpc) is 1.94. The molecule has 1 atom stereocenters. The average molecular weight is 153 g/mol. The Hall–Kier alpha value is -0.790. The van der Waals surface area contributed by atoms with Gasteiger partial charge in [0.05, 0.1) is 6.04 Å². The maximum atomic E-state index is 11.0. The molecule has 2 heteroatoms. The fourth-order valence-electron chi connectivity index (χ4n) is 1.42. The summed E-state index contributed by atoms with van der Waals surface area (Å²) in [5.41, 5.74) is 1.29. The van der Waals surface area contributed by atoms with E-state index in [1.54, 1.807) is 0 Å². The first-order valence-electron chi connectivity index (χ1n) is 4.07. The van der Waals surface area contributed by atoms with Crippen molar-refractivity contribution in [1.29, 1.82) is 0 Å². The van der Waals surface area contributed by atoms with Crippen LogP contribution in [-0.2, 0) is 4.79 Å². The largest absolute Gasteiger partial charge is 0.349 e. The van der Waals surface area contributed by atoms with Gasteiger partial charge >= 0.3 is 0 Å². The molecule has 0 unspecified atom stereocenters. The molecule has 1 N–H and O–H groups in total. The minimum atomic E-state index is 0.147. The Kier molecular flexibility index (Phi) is 2.32. The van der Waals surface area contributed by atoms with Crippen LogP contribution in [0.2, 0.25) is 0 Å². The Morgan fingerprint density at radius 3 is 2.73 bits per heavy atom. The monoisotopic (exact) mass is 153 g/mol. The minimum absolute atomic E-state index is 0.147. The van der Waals surface area contributed by atoms with Crippen molar-refractivity contribution in [2.45, 2.75) is 33.2 Å². The molecule has 62 valence electrons. The first kappa shape index (κ1) is 8.31. The second-order valence-corrected chi connectivity index (χ2v) is 3.44. The third kappa shape index (κ3) is 1.82. The Bertz CT molecular complexity index is 194. The molecule has 0 saturated heterocycles. The standard InChI is InChI=1S/C9H15NO/c1-6(2)9-7(3)4-5-8(11)10-9/h4,6,9H,5H2,1-3H3,(H,10,11)/t9-/m0/s1. The van der Waals surface area contributed by atoms with Crippen molar-refractivity contribution >= 4 is 5.91 Å². The molecule has 0 radical (unpaired) electrons. The lowest BCUT2D eigenvalue weighted by molar-refractivity contribution is -0.121. The highest BCUT2D eigenvalue weighted by Crippen LogP contribution is 2.15. The molecule has 1 rings (SSSR count). The van der Waals surface area contributed by atoms with Gasteiger partial charge in [-0.3, -0.25) is 4.79 Å². The van der Waals surface area contributed by atoms with Gasteiger partial charge in [-0.15, -0.1) is 0 Å². The van der Waals surface area contributed by atoms with Crippen molar-refractivity contribution in [2.24, 2.45) is 5.92 Å². The lowest BCUT2D eigenvalue weighted by Crippen LogP contribution is -2.41. The first-order chi connectivity index (χ1) is 5.11. The maximum absolute atomic E-state index is 11.0. The van der Waals surface area contributed by atoms with Crippen LogP contribution in [0.5, 0.6) is 0 Å². The summed E-state index contributed by atoms with van der Waals surface area (Å²) >= 11 is 0. The fraction of sp³-hybridized carbons (Fsp3) is 0.667. The fourth-order valence-corrected chi connectivity index (χ4v) is 1.42. The third-order valence-electron chi connectivity index (χ3n) is 2.08. The van der Waals surface area contributed by atoms with E-state index in [1.165, 1.54) is 5.57 Å². The Labute approximate surface area is 67.7 Å². The maximum Gasteiger partial charge on any atom is 0.224 e. The van der Waals surface area contributed by atoms with Crippen LogP contribution in [0.3, 0.4) is 0 Å². The summed E-state index contributed by atoms with van der Waals surface area (Å²) in [7, 11) is 0. The molecule has 0 spiro atoms. The molecule has 0 aliphatic carbocycles.